The second-order valence-corrected chi connectivity index (χ2v) is 3.68. The quantitative estimate of drug-likeness (QED) is 0.694. The molecule has 0 aliphatic carbocycles. The van der Waals surface area contributed by atoms with Crippen LogP contribution in [-0.2, 0) is 0 Å². The lowest BCUT2D eigenvalue weighted by molar-refractivity contribution is 1.14. The first kappa shape index (κ1) is 9.21. The van der Waals surface area contributed by atoms with Crippen LogP contribution in [0.1, 0.15) is 11.5 Å². The molecule has 1 aromatic carbocycles. The summed E-state index contributed by atoms with van der Waals surface area (Å²) < 4.78 is 0. The minimum atomic E-state index is -0.0938. The molecular weight excluding hydrogens is 192 g/mol. The molecule has 0 amide bonds. The zero-order valence-corrected chi connectivity index (χ0v) is 8.34. The van der Waals surface area contributed by atoms with Gasteiger partial charge in [-0.05, 0) is 5.56 Å². The van der Waals surface area contributed by atoms with Crippen LogP contribution >= 0.6 is 12.2 Å². The lowest BCUT2D eigenvalue weighted by atomic mass is 9.90. The molecule has 0 saturated heterocycles. The maximum absolute atomic E-state index is 7.72. The Kier molecular flexibility index (Phi) is 2.50. The molecule has 0 fully saturated rings. The molecule has 0 aromatic heterocycles. The third-order valence-corrected chi connectivity index (χ3v) is 2.54. The zero-order valence-electron chi connectivity index (χ0n) is 7.53. The van der Waals surface area contributed by atoms with Gasteiger partial charge in [-0.2, -0.15) is 0 Å². The summed E-state index contributed by atoms with van der Waals surface area (Å²) in [5, 5.41) is 7.72. The summed E-state index contributed by atoms with van der Waals surface area (Å²) in [5.41, 5.74) is 1.43. The Morgan fingerprint density at radius 2 is 2.07 bits per heavy atom. The highest BCUT2D eigenvalue weighted by atomic mass is 32.1. The molecule has 1 radical (unpaired) electrons. The molecule has 69 valence electrons. The van der Waals surface area contributed by atoms with Crippen LogP contribution in [0.3, 0.4) is 0 Å². The Hall–Kier alpha value is -1.35. The summed E-state index contributed by atoms with van der Waals surface area (Å²) in [7, 11) is 0. The predicted molar refractivity (Wildman–Crippen MR) is 61.8 cm³/mol. The summed E-state index contributed by atoms with van der Waals surface area (Å²) in [6.45, 7) is 0.511. The fourth-order valence-corrected chi connectivity index (χ4v) is 1.84. The summed E-state index contributed by atoms with van der Waals surface area (Å²) in [6, 6.07) is 9.84. The molecule has 0 spiro atoms. The first-order chi connectivity index (χ1) is 6.79. The van der Waals surface area contributed by atoms with Gasteiger partial charge in [-0.1, -0.05) is 42.5 Å². The lowest BCUT2D eigenvalue weighted by Crippen LogP contribution is -2.27. The van der Waals surface area contributed by atoms with Crippen molar-refractivity contribution in [2.24, 2.45) is 4.99 Å². The van der Waals surface area contributed by atoms with Crippen molar-refractivity contribution in [3.63, 3.8) is 0 Å². The number of aliphatic imine (C=N–C) groups is 1. The Labute approximate surface area is 88.2 Å². The topological polar surface area (TPSA) is 36.2 Å². The van der Waals surface area contributed by atoms with E-state index in [0.717, 1.165) is 10.4 Å². The number of benzene rings is 1. The number of thiocarbonyl (C=S) groups is 1. The first-order valence-corrected chi connectivity index (χ1v) is 4.78. The Balaban J connectivity index is 2.38. The van der Waals surface area contributed by atoms with E-state index in [1.165, 1.54) is 0 Å². The van der Waals surface area contributed by atoms with Crippen molar-refractivity contribution >= 4 is 29.0 Å². The number of nitrogens with zero attached hydrogens (tertiary/aromatic N) is 1. The van der Waals surface area contributed by atoms with Crippen molar-refractivity contribution in [2.45, 2.75) is 5.92 Å². The highest BCUT2D eigenvalue weighted by molar-refractivity contribution is 7.80. The Morgan fingerprint density at radius 3 is 2.71 bits per heavy atom. The predicted octanol–water partition coefficient (Wildman–Crippen LogP) is 2.12. The molecule has 2 nitrogen and oxygen atoms in total. The first-order valence-electron chi connectivity index (χ1n) is 4.37. The van der Waals surface area contributed by atoms with Gasteiger partial charge in [-0.25, -0.2) is 0 Å². The van der Waals surface area contributed by atoms with Gasteiger partial charge in [0.2, 0.25) is 0 Å². The van der Waals surface area contributed by atoms with Gasteiger partial charge in [-0.3, -0.25) is 4.99 Å². The molecule has 3 heteroatoms. The molecule has 1 heterocycles. The maximum Gasteiger partial charge on any atom is 0.107 e. The number of nitrogens with one attached hydrogen (secondary N) is 1. The number of hydrogen-bond acceptors (Lipinski definition) is 3. The standard InChI is InChI=1S/C11H9N2S/c12-9-6-13-7-10(14)11(9)8-4-2-1-3-5-8/h1-5,11-12H,7H2. The van der Waals surface area contributed by atoms with Crippen molar-refractivity contribution in [1.82, 2.24) is 0 Å². The molecule has 1 aromatic rings. The van der Waals surface area contributed by atoms with E-state index in [1.807, 2.05) is 30.3 Å². The second-order valence-electron chi connectivity index (χ2n) is 3.15. The maximum atomic E-state index is 7.72. The van der Waals surface area contributed by atoms with Crippen LogP contribution < -0.4 is 0 Å². The highest BCUT2D eigenvalue weighted by Gasteiger charge is 2.23. The largest absolute Gasteiger partial charge is 0.302 e. The average molecular weight is 201 g/mol. The van der Waals surface area contributed by atoms with Crippen LogP contribution in [0.2, 0.25) is 0 Å². The number of hydrogen-bond donors (Lipinski definition) is 1. The van der Waals surface area contributed by atoms with Gasteiger partial charge >= 0.3 is 0 Å². The van der Waals surface area contributed by atoms with E-state index >= 15 is 0 Å². The van der Waals surface area contributed by atoms with Crippen molar-refractivity contribution in [3.8, 4) is 0 Å². The van der Waals surface area contributed by atoms with Crippen LogP contribution in [0.4, 0.5) is 0 Å². The van der Waals surface area contributed by atoms with Crippen molar-refractivity contribution in [2.75, 3.05) is 6.54 Å². The molecule has 14 heavy (non-hydrogen) atoms. The third kappa shape index (κ3) is 1.63. The van der Waals surface area contributed by atoms with Crippen LogP contribution in [0.15, 0.2) is 35.3 Å². The fourth-order valence-electron chi connectivity index (χ4n) is 1.52. The Morgan fingerprint density at radius 1 is 1.36 bits per heavy atom. The minimum Gasteiger partial charge on any atom is -0.302 e. The molecule has 0 saturated carbocycles. The second kappa shape index (κ2) is 3.80. The van der Waals surface area contributed by atoms with Gasteiger partial charge in [-0.15, -0.1) is 0 Å². The Bertz CT molecular complexity index is 395. The zero-order chi connectivity index (χ0) is 9.97. The SMILES string of the molecule is N=C1[C]=NCC(=S)C1c1ccccc1. The van der Waals surface area contributed by atoms with Gasteiger partial charge < -0.3 is 5.41 Å². The van der Waals surface area contributed by atoms with Gasteiger partial charge in [0, 0.05) is 4.86 Å². The molecule has 1 aliphatic rings. The summed E-state index contributed by atoms with van der Waals surface area (Å²) in [6.07, 6.45) is 2.68. The molecule has 1 N–H and O–H groups in total. The molecular formula is C11H9N2S. The van der Waals surface area contributed by atoms with E-state index in [1.54, 1.807) is 0 Å². The number of rotatable bonds is 1. The summed E-state index contributed by atoms with van der Waals surface area (Å²) in [5.74, 6) is -0.0938. The summed E-state index contributed by atoms with van der Waals surface area (Å²) >= 11 is 5.21. The van der Waals surface area contributed by atoms with E-state index < -0.39 is 0 Å². The van der Waals surface area contributed by atoms with Crippen LogP contribution in [-0.4, -0.2) is 23.3 Å². The van der Waals surface area contributed by atoms with Gasteiger partial charge in [0.05, 0.1) is 18.2 Å². The normalized spacial score (nSPS) is 21.3. The van der Waals surface area contributed by atoms with E-state index in [4.69, 9.17) is 17.6 Å². The van der Waals surface area contributed by atoms with Crippen molar-refractivity contribution in [1.29, 1.82) is 5.41 Å². The van der Waals surface area contributed by atoms with E-state index in [0.29, 0.717) is 12.3 Å². The van der Waals surface area contributed by atoms with Crippen molar-refractivity contribution in [3.05, 3.63) is 35.9 Å². The average Bonchev–Trinajstić information content (AvgIpc) is 2.19. The third-order valence-electron chi connectivity index (χ3n) is 2.18. The van der Waals surface area contributed by atoms with E-state index in [9.17, 15) is 0 Å². The highest BCUT2D eigenvalue weighted by Crippen LogP contribution is 2.20. The van der Waals surface area contributed by atoms with Gasteiger partial charge in [0.1, 0.15) is 6.21 Å². The van der Waals surface area contributed by atoms with Gasteiger partial charge in [0.15, 0.2) is 0 Å². The van der Waals surface area contributed by atoms with Crippen LogP contribution in [0.5, 0.6) is 0 Å². The van der Waals surface area contributed by atoms with E-state index in [-0.39, 0.29) is 5.92 Å². The van der Waals surface area contributed by atoms with E-state index in [2.05, 4.69) is 11.2 Å². The molecule has 2 rings (SSSR count). The molecule has 1 unspecified atom stereocenters. The lowest BCUT2D eigenvalue weighted by Gasteiger charge is -2.19. The van der Waals surface area contributed by atoms with Crippen LogP contribution in [0.25, 0.3) is 0 Å². The summed E-state index contributed by atoms with van der Waals surface area (Å²) in [4.78, 5) is 4.70. The molecule has 1 aliphatic heterocycles. The van der Waals surface area contributed by atoms with Gasteiger partial charge in [0.25, 0.3) is 0 Å². The fraction of sp³-hybridized carbons (Fsp3) is 0.182. The smallest absolute Gasteiger partial charge is 0.107 e. The monoisotopic (exact) mass is 201 g/mol. The molecule has 0 bridgehead atoms. The molecule has 1 atom stereocenters. The van der Waals surface area contributed by atoms with Crippen molar-refractivity contribution < 1.29 is 0 Å². The van der Waals surface area contributed by atoms with Crippen LogP contribution in [0, 0.1) is 5.41 Å². The minimum absolute atomic E-state index is 0.0938.